The van der Waals surface area contributed by atoms with E-state index < -0.39 is 5.97 Å². The minimum absolute atomic E-state index is 0.315. The Morgan fingerprint density at radius 2 is 1.91 bits per heavy atom. The summed E-state index contributed by atoms with van der Waals surface area (Å²) in [5, 5.41) is 2.55. The van der Waals surface area contributed by atoms with Crippen molar-refractivity contribution < 1.29 is 23.5 Å². The third kappa shape index (κ3) is 5.15. The number of nitrogens with one attached hydrogen (secondary N) is 1. The van der Waals surface area contributed by atoms with E-state index in [2.05, 4.69) is 5.32 Å². The van der Waals surface area contributed by atoms with Crippen molar-refractivity contribution in [3.8, 4) is 10.4 Å². The fourth-order valence-corrected chi connectivity index (χ4v) is 2.67. The van der Waals surface area contributed by atoms with E-state index in [9.17, 15) is 14.0 Å². The molecule has 7 heteroatoms. The van der Waals surface area contributed by atoms with Crippen LogP contribution in [0.15, 0.2) is 36.4 Å². The Labute approximate surface area is 137 Å². The van der Waals surface area contributed by atoms with Crippen molar-refractivity contribution >= 4 is 23.2 Å². The molecule has 0 spiro atoms. The number of ether oxygens (including phenoxy) is 2. The SMILES string of the molecule is COCCNC(=O)COC(=O)c1ccc(-c2ccc(F)cc2)s1. The molecular formula is C16H16FNO4S. The maximum atomic E-state index is 12.9. The highest BCUT2D eigenvalue weighted by Gasteiger charge is 2.13. The highest BCUT2D eigenvalue weighted by molar-refractivity contribution is 7.17. The Hall–Kier alpha value is -2.25. The molecule has 0 bridgehead atoms. The topological polar surface area (TPSA) is 64.6 Å². The van der Waals surface area contributed by atoms with Crippen LogP contribution in [0, 0.1) is 5.82 Å². The van der Waals surface area contributed by atoms with E-state index in [0.717, 1.165) is 10.4 Å². The van der Waals surface area contributed by atoms with Crippen LogP contribution in [0.2, 0.25) is 0 Å². The predicted molar refractivity (Wildman–Crippen MR) is 84.9 cm³/mol. The van der Waals surface area contributed by atoms with Gasteiger partial charge >= 0.3 is 5.97 Å². The molecule has 0 saturated carbocycles. The zero-order valence-electron chi connectivity index (χ0n) is 12.5. The van der Waals surface area contributed by atoms with Gasteiger partial charge in [0.2, 0.25) is 0 Å². The van der Waals surface area contributed by atoms with Crippen molar-refractivity contribution in [1.29, 1.82) is 0 Å². The molecular weight excluding hydrogens is 321 g/mol. The van der Waals surface area contributed by atoms with Gasteiger partial charge in [-0.25, -0.2) is 9.18 Å². The van der Waals surface area contributed by atoms with Gasteiger partial charge in [-0.3, -0.25) is 4.79 Å². The molecule has 1 N–H and O–H groups in total. The van der Waals surface area contributed by atoms with Gasteiger partial charge in [0, 0.05) is 18.5 Å². The molecule has 1 aromatic carbocycles. The molecule has 122 valence electrons. The molecule has 0 aliphatic heterocycles. The monoisotopic (exact) mass is 337 g/mol. The lowest BCUT2D eigenvalue weighted by atomic mass is 10.2. The molecule has 0 aliphatic rings. The molecule has 0 unspecified atom stereocenters. The van der Waals surface area contributed by atoms with Crippen LogP contribution in [0.4, 0.5) is 4.39 Å². The van der Waals surface area contributed by atoms with Crippen LogP contribution in [0.1, 0.15) is 9.67 Å². The van der Waals surface area contributed by atoms with Gasteiger partial charge in [-0.15, -0.1) is 11.3 Å². The first kappa shape index (κ1) is 17.1. The van der Waals surface area contributed by atoms with Gasteiger partial charge in [-0.2, -0.15) is 0 Å². The Morgan fingerprint density at radius 1 is 1.17 bits per heavy atom. The number of methoxy groups -OCH3 is 1. The summed E-state index contributed by atoms with van der Waals surface area (Å²) >= 11 is 1.22. The largest absolute Gasteiger partial charge is 0.451 e. The summed E-state index contributed by atoms with van der Waals surface area (Å²) in [5.74, 6) is -1.26. The van der Waals surface area contributed by atoms with Crippen molar-refractivity contribution in [2.75, 3.05) is 26.9 Å². The van der Waals surface area contributed by atoms with E-state index in [-0.39, 0.29) is 18.3 Å². The first-order chi connectivity index (χ1) is 11.1. The van der Waals surface area contributed by atoms with Crippen molar-refractivity contribution in [1.82, 2.24) is 5.32 Å². The maximum absolute atomic E-state index is 12.9. The van der Waals surface area contributed by atoms with E-state index in [1.807, 2.05) is 0 Å². The molecule has 0 fully saturated rings. The number of carbonyl (C=O) groups is 2. The molecule has 23 heavy (non-hydrogen) atoms. The fraction of sp³-hybridized carbons (Fsp3) is 0.250. The van der Waals surface area contributed by atoms with Gasteiger partial charge in [0.15, 0.2) is 6.61 Å². The van der Waals surface area contributed by atoms with Crippen molar-refractivity contribution in [3.63, 3.8) is 0 Å². The molecule has 1 aromatic heterocycles. The van der Waals surface area contributed by atoms with Crippen molar-refractivity contribution in [3.05, 3.63) is 47.1 Å². The minimum Gasteiger partial charge on any atom is -0.451 e. The number of amides is 1. The van der Waals surface area contributed by atoms with Crippen LogP contribution in [-0.4, -0.2) is 38.7 Å². The Kier molecular flexibility index (Phi) is 6.25. The molecule has 1 amide bonds. The number of rotatable bonds is 7. The van der Waals surface area contributed by atoms with E-state index in [4.69, 9.17) is 9.47 Å². The summed E-state index contributed by atoms with van der Waals surface area (Å²) in [7, 11) is 1.53. The summed E-state index contributed by atoms with van der Waals surface area (Å²) in [5.41, 5.74) is 0.813. The van der Waals surface area contributed by atoms with Gasteiger partial charge in [0.25, 0.3) is 5.91 Å². The molecule has 2 aromatic rings. The highest BCUT2D eigenvalue weighted by Crippen LogP contribution is 2.28. The standard InChI is InChI=1S/C16H16FNO4S/c1-21-9-8-18-15(19)10-22-16(20)14-7-6-13(23-14)11-2-4-12(17)5-3-11/h2-7H,8-10H2,1H3,(H,18,19). The third-order valence-corrected chi connectivity index (χ3v) is 4.01. The van der Waals surface area contributed by atoms with Crippen LogP contribution in [0.5, 0.6) is 0 Å². The lowest BCUT2D eigenvalue weighted by Gasteiger charge is -2.05. The Morgan fingerprint density at radius 3 is 2.61 bits per heavy atom. The highest BCUT2D eigenvalue weighted by atomic mass is 32.1. The summed E-state index contributed by atoms with van der Waals surface area (Å²) < 4.78 is 22.6. The average molecular weight is 337 g/mol. The molecule has 0 radical (unpaired) electrons. The second-order valence-electron chi connectivity index (χ2n) is 4.59. The second kappa shape index (κ2) is 8.40. The van der Waals surface area contributed by atoms with E-state index in [1.54, 1.807) is 24.3 Å². The van der Waals surface area contributed by atoms with E-state index >= 15 is 0 Å². The van der Waals surface area contributed by atoms with Crippen LogP contribution >= 0.6 is 11.3 Å². The summed E-state index contributed by atoms with van der Waals surface area (Å²) in [4.78, 5) is 24.5. The quantitative estimate of drug-likeness (QED) is 0.623. The van der Waals surface area contributed by atoms with Crippen LogP contribution in [-0.2, 0) is 14.3 Å². The number of thiophene rings is 1. The van der Waals surface area contributed by atoms with Crippen LogP contribution in [0.3, 0.4) is 0 Å². The number of esters is 1. The van der Waals surface area contributed by atoms with Crippen LogP contribution in [0.25, 0.3) is 10.4 Å². The van der Waals surface area contributed by atoms with Crippen molar-refractivity contribution in [2.24, 2.45) is 0 Å². The fourth-order valence-electron chi connectivity index (χ4n) is 1.76. The summed E-state index contributed by atoms with van der Waals surface area (Å²) in [6, 6.07) is 9.37. The van der Waals surface area contributed by atoms with Gasteiger partial charge in [-0.05, 0) is 29.8 Å². The average Bonchev–Trinajstić information content (AvgIpc) is 3.03. The Balaban J connectivity index is 1.88. The van der Waals surface area contributed by atoms with Gasteiger partial charge in [0.1, 0.15) is 10.7 Å². The smallest absolute Gasteiger partial charge is 0.348 e. The summed E-state index contributed by atoms with van der Waals surface area (Å²) in [6.45, 7) is 0.415. The molecule has 1 heterocycles. The maximum Gasteiger partial charge on any atom is 0.348 e. The Bertz CT molecular complexity index is 669. The molecule has 0 atom stereocenters. The number of halogens is 1. The number of carbonyl (C=O) groups excluding carboxylic acids is 2. The predicted octanol–water partition coefficient (Wildman–Crippen LogP) is 2.47. The van der Waals surface area contributed by atoms with Gasteiger partial charge < -0.3 is 14.8 Å². The first-order valence-corrected chi connectivity index (χ1v) is 7.70. The third-order valence-electron chi connectivity index (χ3n) is 2.90. The lowest BCUT2D eigenvalue weighted by molar-refractivity contribution is -0.124. The molecule has 0 saturated heterocycles. The minimum atomic E-state index is -0.565. The van der Waals surface area contributed by atoms with Crippen LogP contribution < -0.4 is 5.32 Å². The lowest BCUT2D eigenvalue weighted by Crippen LogP contribution is -2.31. The molecule has 0 aliphatic carbocycles. The molecule has 5 nitrogen and oxygen atoms in total. The van der Waals surface area contributed by atoms with Gasteiger partial charge in [-0.1, -0.05) is 12.1 Å². The van der Waals surface area contributed by atoms with Crippen molar-refractivity contribution in [2.45, 2.75) is 0 Å². The number of hydrogen-bond donors (Lipinski definition) is 1. The number of benzene rings is 1. The molecule has 2 rings (SSSR count). The van der Waals surface area contributed by atoms with Gasteiger partial charge in [0.05, 0.1) is 6.61 Å². The summed E-state index contributed by atoms with van der Waals surface area (Å²) in [6.07, 6.45) is 0. The van der Waals surface area contributed by atoms with E-state index in [1.165, 1.54) is 30.6 Å². The zero-order valence-corrected chi connectivity index (χ0v) is 13.3. The normalized spacial score (nSPS) is 10.3. The number of hydrogen-bond acceptors (Lipinski definition) is 5. The zero-order chi connectivity index (χ0) is 16.7. The first-order valence-electron chi connectivity index (χ1n) is 6.88. The van der Waals surface area contributed by atoms with E-state index in [0.29, 0.717) is 18.0 Å². The second-order valence-corrected chi connectivity index (χ2v) is 5.67.